The number of carbonyl (C=O) groups is 2. The molecule has 0 fully saturated rings. The number of benzene rings is 1. The molecule has 0 radical (unpaired) electrons. The standard InChI is InChI=1S/C18H16O5/c1-5-21-18(20)13-8-22-17-12(10(4)19)6-11-7-14(9(2)3)23-16(11)15(13)17/h6-8H,2,5H2,1,3-4H3. The van der Waals surface area contributed by atoms with Gasteiger partial charge in [-0.2, -0.15) is 0 Å². The molecular formula is C18H16O5. The lowest BCUT2D eigenvalue weighted by molar-refractivity contribution is 0.0527. The Morgan fingerprint density at radius 1 is 1.17 bits per heavy atom. The highest BCUT2D eigenvalue weighted by atomic mass is 16.5. The van der Waals surface area contributed by atoms with Crippen molar-refractivity contribution in [3.8, 4) is 0 Å². The van der Waals surface area contributed by atoms with E-state index in [4.69, 9.17) is 13.6 Å². The van der Waals surface area contributed by atoms with Crippen LogP contribution in [0.5, 0.6) is 0 Å². The fourth-order valence-electron chi connectivity index (χ4n) is 2.54. The minimum Gasteiger partial charge on any atom is -0.462 e. The number of allylic oxidation sites excluding steroid dienone is 1. The van der Waals surface area contributed by atoms with E-state index in [9.17, 15) is 9.59 Å². The second-order valence-electron chi connectivity index (χ2n) is 5.36. The molecule has 0 unspecified atom stereocenters. The number of hydrogen-bond donors (Lipinski definition) is 0. The molecule has 5 nitrogen and oxygen atoms in total. The third-order valence-corrected chi connectivity index (χ3v) is 3.62. The molecule has 0 aliphatic carbocycles. The van der Waals surface area contributed by atoms with Crippen molar-refractivity contribution in [1.82, 2.24) is 0 Å². The first-order valence-corrected chi connectivity index (χ1v) is 7.25. The van der Waals surface area contributed by atoms with Crippen molar-refractivity contribution in [1.29, 1.82) is 0 Å². The third kappa shape index (κ3) is 2.34. The lowest BCUT2D eigenvalue weighted by Crippen LogP contribution is -2.03. The Balaban J connectivity index is 2.42. The van der Waals surface area contributed by atoms with Gasteiger partial charge in [-0.15, -0.1) is 0 Å². The molecule has 0 spiro atoms. The van der Waals surface area contributed by atoms with Gasteiger partial charge in [0, 0.05) is 5.39 Å². The molecule has 0 bridgehead atoms. The van der Waals surface area contributed by atoms with Gasteiger partial charge in [0.2, 0.25) is 0 Å². The van der Waals surface area contributed by atoms with Crippen LogP contribution in [0.4, 0.5) is 0 Å². The molecule has 3 aromatic rings. The Kier molecular flexibility index (Phi) is 3.56. The first-order chi connectivity index (χ1) is 10.9. The van der Waals surface area contributed by atoms with Crippen molar-refractivity contribution in [2.75, 3.05) is 6.61 Å². The molecule has 2 heterocycles. The van der Waals surface area contributed by atoms with E-state index in [1.54, 1.807) is 19.1 Å². The van der Waals surface area contributed by atoms with Crippen LogP contribution in [-0.2, 0) is 4.74 Å². The summed E-state index contributed by atoms with van der Waals surface area (Å²) < 4.78 is 16.4. The highest BCUT2D eigenvalue weighted by Gasteiger charge is 2.24. The van der Waals surface area contributed by atoms with Gasteiger partial charge in [0.15, 0.2) is 5.78 Å². The van der Waals surface area contributed by atoms with Gasteiger partial charge >= 0.3 is 5.97 Å². The Bertz CT molecular complexity index is 955. The first-order valence-electron chi connectivity index (χ1n) is 7.25. The molecule has 3 rings (SSSR count). The maximum Gasteiger partial charge on any atom is 0.342 e. The number of carbonyl (C=O) groups excluding carboxylic acids is 2. The van der Waals surface area contributed by atoms with Gasteiger partial charge in [-0.1, -0.05) is 6.58 Å². The molecule has 0 atom stereocenters. The smallest absolute Gasteiger partial charge is 0.342 e. The Morgan fingerprint density at radius 2 is 1.91 bits per heavy atom. The fraction of sp³-hybridized carbons (Fsp3) is 0.222. The second kappa shape index (κ2) is 5.43. The van der Waals surface area contributed by atoms with Crippen LogP contribution >= 0.6 is 0 Å². The lowest BCUT2D eigenvalue weighted by Gasteiger charge is -2.01. The highest BCUT2D eigenvalue weighted by molar-refractivity contribution is 6.19. The van der Waals surface area contributed by atoms with Crippen molar-refractivity contribution >= 4 is 39.3 Å². The van der Waals surface area contributed by atoms with E-state index in [1.807, 2.05) is 6.92 Å². The molecule has 0 aliphatic heterocycles. The van der Waals surface area contributed by atoms with Gasteiger partial charge in [-0.25, -0.2) is 4.79 Å². The van der Waals surface area contributed by atoms with Crippen molar-refractivity contribution in [3.63, 3.8) is 0 Å². The Morgan fingerprint density at radius 3 is 2.52 bits per heavy atom. The van der Waals surface area contributed by atoms with Crippen molar-refractivity contribution in [2.45, 2.75) is 20.8 Å². The molecule has 5 heteroatoms. The number of hydrogen-bond acceptors (Lipinski definition) is 5. The van der Waals surface area contributed by atoms with Crippen LogP contribution in [0, 0.1) is 0 Å². The summed E-state index contributed by atoms with van der Waals surface area (Å²) in [5.74, 6) is -0.0701. The van der Waals surface area contributed by atoms with Crippen LogP contribution in [0.1, 0.15) is 47.2 Å². The number of furan rings is 2. The predicted octanol–water partition coefficient (Wildman–Crippen LogP) is 4.59. The average Bonchev–Trinajstić information content (AvgIpc) is 3.09. The van der Waals surface area contributed by atoms with Crippen molar-refractivity contribution in [2.24, 2.45) is 0 Å². The first kappa shape index (κ1) is 15.1. The van der Waals surface area contributed by atoms with Gasteiger partial charge in [0.05, 0.1) is 17.6 Å². The SMILES string of the molecule is C=C(C)c1cc2cc(C(C)=O)c3occ(C(=O)OCC)c3c2o1. The summed E-state index contributed by atoms with van der Waals surface area (Å²) in [6.07, 6.45) is 1.30. The summed E-state index contributed by atoms with van der Waals surface area (Å²) in [4.78, 5) is 24.1. The molecule has 0 saturated carbocycles. The molecule has 0 amide bonds. The zero-order valence-corrected chi connectivity index (χ0v) is 13.2. The summed E-state index contributed by atoms with van der Waals surface area (Å²) in [6, 6.07) is 3.50. The zero-order valence-electron chi connectivity index (χ0n) is 13.2. The Hall–Kier alpha value is -2.82. The van der Waals surface area contributed by atoms with Gasteiger partial charge in [0.1, 0.15) is 28.8 Å². The minimum absolute atomic E-state index is 0.153. The van der Waals surface area contributed by atoms with E-state index >= 15 is 0 Å². The van der Waals surface area contributed by atoms with Gasteiger partial charge in [-0.3, -0.25) is 4.79 Å². The molecule has 23 heavy (non-hydrogen) atoms. The van der Waals surface area contributed by atoms with Crippen molar-refractivity contribution in [3.05, 3.63) is 41.9 Å². The molecule has 118 valence electrons. The number of fused-ring (bicyclic) bond motifs is 3. The van der Waals surface area contributed by atoms with Gasteiger partial charge < -0.3 is 13.6 Å². The molecule has 0 N–H and O–H groups in total. The summed E-state index contributed by atoms with van der Waals surface area (Å²) in [5, 5.41) is 1.17. The fourth-order valence-corrected chi connectivity index (χ4v) is 2.54. The van der Waals surface area contributed by atoms with Gasteiger partial charge in [0.25, 0.3) is 0 Å². The van der Waals surface area contributed by atoms with E-state index in [0.717, 1.165) is 5.57 Å². The Labute approximate surface area is 132 Å². The molecule has 0 aliphatic rings. The minimum atomic E-state index is -0.512. The maximum absolute atomic E-state index is 12.2. The van der Waals surface area contributed by atoms with E-state index < -0.39 is 5.97 Å². The van der Waals surface area contributed by atoms with E-state index in [-0.39, 0.29) is 18.0 Å². The number of Topliss-reactive ketones (excluding diaryl/α,β-unsaturated/α-hetero) is 1. The van der Waals surface area contributed by atoms with E-state index in [1.165, 1.54) is 13.2 Å². The molecule has 1 aromatic carbocycles. The van der Waals surface area contributed by atoms with E-state index in [2.05, 4.69) is 6.58 Å². The number of esters is 1. The van der Waals surface area contributed by atoms with E-state index in [0.29, 0.717) is 33.3 Å². The van der Waals surface area contributed by atoms with Crippen LogP contribution in [0.25, 0.3) is 27.5 Å². The molecular weight excluding hydrogens is 296 g/mol. The highest BCUT2D eigenvalue weighted by Crippen LogP contribution is 2.36. The summed E-state index contributed by atoms with van der Waals surface area (Å²) in [5.41, 5.74) is 2.21. The molecule has 2 aromatic heterocycles. The molecule has 0 saturated heterocycles. The zero-order chi connectivity index (χ0) is 16.7. The predicted molar refractivity (Wildman–Crippen MR) is 86.7 cm³/mol. The normalized spacial score (nSPS) is 11.1. The topological polar surface area (TPSA) is 69.7 Å². The summed E-state index contributed by atoms with van der Waals surface area (Å²) >= 11 is 0. The summed E-state index contributed by atoms with van der Waals surface area (Å²) in [6.45, 7) is 9.10. The lowest BCUT2D eigenvalue weighted by atomic mass is 10.0. The van der Waals surface area contributed by atoms with Crippen molar-refractivity contribution < 1.29 is 23.2 Å². The summed E-state index contributed by atoms with van der Waals surface area (Å²) in [7, 11) is 0. The third-order valence-electron chi connectivity index (χ3n) is 3.62. The van der Waals surface area contributed by atoms with Crippen LogP contribution in [0.15, 0.2) is 33.8 Å². The number of rotatable bonds is 4. The quantitative estimate of drug-likeness (QED) is 0.520. The van der Waals surface area contributed by atoms with Crippen LogP contribution in [0.3, 0.4) is 0 Å². The van der Waals surface area contributed by atoms with Crippen LogP contribution in [0.2, 0.25) is 0 Å². The van der Waals surface area contributed by atoms with Crippen LogP contribution in [-0.4, -0.2) is 18.4 Å². The number of ketones is 1. The average molecular weight is 312 g/mol. The van der Waals surface area contributed by atoms with Gasteiger partial charge in [-0.05, 0) is 38.5 Å². The maximum atomic E-state index is 12.2. The number of ether oxygens (including phenoxy) is 1. The second-order valence-corrected chi connectivity index (χ2v) is 5.36. The largest absolute Gasteiger partial charge is 0.462 e. The monoisotopic (exact) mass is 312 g/mol. The van der Waals surface area contributed by atoms with Crippen LogP contribution < -0.4 is 0 Å².